The Bertz CT molecular complexity index is 2340. The maximum Gasteiger partial charge on any atom is 0.227 e. The number of benzene rings is 5. The van der Waals surface area contributed by atoms with E-state index in [2.05, 4.69) is 97.3 Å². The molecule has 0 spiro atoms. The lowest BCUT2D eigenvalue weighted by atomic mass is 9.82. The van der Waals surface area contributed by atoms with Gasteiger partial charge in [0.1, 0.15) is 11.3 Å². The van der Waals surface area contributed by atoms with Crippen molar-refractivity contribution >= 4 is 43.8 Å². The molecule has 0 bridgehead atoms. The minimum Gasteiger partial charge on any atom is -0.436 e. The van der Waals surface area contributed by atoms with Crippen molar-refractivity contribution < 1.29 is 4.42 Å². The average molecular weight is 528 g/mol. The number of rotatable bonds is 2. The van der Waals surface area contributed by atoms with E-state index in [-0.39, 0.29) is 5.41 Å². The summed E-state index contributed by atoms with van der Waals surface area (Å²) in [6.07, 6.45) is 0. The number of hydrogen-bond acceptors (Lipinski definition) is 3. The van der Waals surface area contributed by atoms with E-state index in [9.17, 15) is 0 Å². The first-order valence-corrected chi connectivity index (χ1v) is 14.0. The van der Waals surface area contributed by atoms with Gasteiger partial charge in [0.05, 0.1) is 16.6 Å². The van der Waals surface area contributed by atoms with E-state index in [4.69, 9.17) is 14.4 Å². The Hall–Kier alpha value is -5.22. The normalized spacial score (nSPS) is 13.8. The highest BCUT2D eigenvalue weighted by atomic mass is 16.3. The van der Waals surface area contributed by atoms with E-state index >= 15 is 0 Å². The van der Waals surface area contributed by atoms with Gasteiger partial charge in [0.25, 0.3) is 0 Å². The Morgan fingerprint density at radius 1 is 0.610 bits per heavy atom. The number of aromatic nitrogens is 3. The quantitative estimate of drug-likeness (QED) is 0.225. The van der Waals surface area contributed by atoms with E-state index in [0.717, 1.165) is 49.8 Å². The van der Waals surface area contributed by atoms with Crippen molar-refractivity contribution in [3.05, 3.63) is 126 Å². The van der Waals surface area contributed by atoms with Crippen LogP contribution in [0.1, 0.15) is 25.0 Å². The molecule has 1 aliphatic carbocycles. The van der Waals surface area contributed by atoms with Gasteiger partial charge >= 0.3 is 0 Å². The van der Waals surface area contributed by atoms with Crippen LogP contribution in [0.15, 0.2) is 120 Å². The average Bonchev–Trinajstić information content (AvgIpc) is 3.63. The first kappa shape index (κ1) is 22.6. The van der Waals surface area contributed by atoms with Crippen LogP contribution >= 0.6 is 0 Å². The number of oxazole rings is 1. The van der Waals surface area contributed by atoms with Crippen LogP contribution in [0.5, 0.6) is 0 Å². The van der Waals surface area contributed by atoms with E-state index in [1.165, 1.54) is 27.6 Å². The first-order valence-electron chi connectivity index (χ1n) is 14.0. The third kappa shape index (κ3) is 3.10. The summed E-state index contributed by atoms with van der Waals surface area (Å²) in [7, 11) is 0. The minimum atomic E-state index is -0.0907. The van der Waals surface area contributed by atoms with Gasteiger partial charge in [-0.2, -0.15) is 0 Å². The highest BCUT2D eigenvalue weighted by Crippen LogP contribution is 2.51. The summed E-state index contributed by atoms with van der Waals surface area (Å²) in [5.74, 6) is 1.52. The second kappa shape index (κ2) is 7.92. The van der Waals surface area contributed by atoms with Gasteiger partial charge in [-0.3, -0.25) is 4.57 Å². The van der Waals surface area contributed by atoms with Gasteiger partial charge in [-0.25, -0.2) is 9.97 Å². The number of pyridine rings is 1. The molecule has 9 rings (SSSR count). The lowest BCUT2D eigenvalue weighted by molar-refractivity contribution is 0.620. The fourth-order valence-corrected chi connectivity index (χ4v) is 6.76. The van der Waals surface area contributed by atoms with Crippen LogP contribution in [0, 0.1) is 0 Å². The van der Waals surface area contributed by atoms with Gasteiger partial charge in [-0.15, -0.1) is 0 Å². The second-order valence-corrected chi connectivity index (χ2v) is 11.5. The third-order valence-corrected chi connectivity index (χ3v) is 8.81. The van der Waals surface area contributed by atoms with Crippen LogP contribution in [0.4, 0.5) is 0 Å². The van der Waals surface area contributed by atoms with Crippen LogP contribution in [-0.2, 0) is 5.41 Å². The van der Waals surface area contributed by atoms with Crippen molar-refractivity contribution in [1.29, 1.82) is 0 Å². The molecule has 0 N–H and O–H groups in total. The van der Waals surface area contributed by atoms with E-state index in [1.54, 1.807) is 0 Å². The van der Waals surface area contributed by atoms with E-state index in [1.807, 2.05) is 36.4 Å². The second-order valence-electron chi connectivity index (χ2n) is 11.5. The number of hydrogen-bond donors (Lipinski definition) is 0. The van der Waals surface area contributed by atoms with Crippen molar-refractivity contribution in [2.24, 2.45) is 0 Å². The Morgan fingerprint density at radius 2 is 1.37 bits per heavy atom. The molecule has 0 unspecified atom stereocenters. The molecule has 0 radical (unpaired) electrons. The molecule has 0 fully saturated rings. The maximum absolute atomic E-state index is 6.33. The molecule has 4 heteroatoms. The molecule has 3 heterocycles. The molecule has 0 aliphatic heterocycles. The molecule has 0 atom stereocenters. The molecule has 1 aliphatic rings. The minimum absolute atomic E-state index is 0.0907. The molecular formula is C37H25N3O. The predicted molar refractivity (Wildman–Crippen MR) is 167 cm³/mol. The molecule has 194 valence electrons. The van der Waals surface area contributed by atoms with Crippen LogP contribution < -0.4 is 0 Å². The molecule has 4 nitrogen and oxygen atoms in total. The number of nitrogens with zero attached hydrogens (tertiary/aromatic N) is 3. The van der Waals surface area contributed by atoms with Crippen molar-refractivity contribution in [3.8, 4) is 28.4 Å². The highest BCUT2D eigenvalue weighted by Gasteiger charge is 2.36. The zero-order valence-corrected chi connectivity index (χ0v) is 22.7. The van der Waals surface area contributed by atoms with Gasteiger partial charge in [0, 0.05) is 27.1 Å². The summed E-state index contributed by atoms with van der Waals surface area (Å²) in [4.78, 5) is 10.0. The van der Waals surface area contributed by atoms with E-state index in [0.29, 0.717) is 5.89 Å². The molecule has 0 amide bonds. The van der Waals surface area contributed by atoms with Crippen LogP contribution in [0.2, 0.25) is 0 Å². The lowest BCUT2D eigenvalue weighted by Gasteiger charge is -2.21. The zero-order chi connectivity index (χ0) is 27.3. The fraction of sp³-hybridized carbons (Fsp3) is 0.0811. The predicted octanol–water partition coefficient (Wildman–Crippen LogP) is 9.45. The van der Waals surface area contributed by atoms with Crippen LogP contribution in [-0.4, -0.2) is 14.5 Å². The fourth-order valence-electron chi connectivity index (χ4n) is 6.76. The molecule has 0 saturated heterocycles. The topological polar surface area (TPSA) is 43.9 Å². The Kier molecular flexibility index (Phi) is 4.36. The SMILES string of the molecule is CC1(C)c2ccccc2-c2cc3c(cc21)c1cc2oc(-c4ccccc4)nc2cc1n3-c1ccc2ccccc2n1. The molecule has 5 aromatic carbocycles. The Labute approximate surface area is 236 Å². The van der Waals surface area contributed by atoms with Gasteiger partial charge in [-0.05, 0) is 76.9 Å². The van der Waals surface area contributed by atoms with Crippen molar-refractivity contribution in [1.82, 2.24) is 14.5 Å². The summed E-state index contributed by atoms with van der Waals surface area (Å²) in [6.45, 7) is 4.66. The van der Waals surface area contributed by atoms with Crippen LogP contribution in [0.3, 0.4) is 0 Å². The van der Waals surface area contributed by atoms with Gasteiger partial charge < -0.3 is 4.42 Å². The lowest BCUT2D eigenvalue weighted by Crippen LogP contribution is -2.14. The maximum atomic E-state index is 6.33. The van der Waals surface area contributed by atoms with Gasteiger partial charge in [0.2, 0.25) is 5.89 Å². The first-order chi connectivity index (χ1) is 20.1. The highest BCUT2D eigenvalue weighted by molar-refractivity contribution is 6.14. The Morgan fingerprint density at radius 3 is 2.27 bits per heavy atom. The summed E-state index contributed by atoms with van der Waals surface area (Å²) < 4.78 is 8.63. The largest absolute Gasteiger partial charge is 0.436 e. The molecule has 3 aromatic heterocycles. The summed E-state index contributed by atoms with van der Waals surface area (Å²) in [6, 6.07) is 40.5. The summed E-state index contributed by atoms with van der Waals surface area (Å²) >= 11 is 0. The van der Waals surface area contributed by atoms with Gasteiger partial charge in [0.15, 0.2) is 5.58 Å². The molecular weight excluding hydrogens is 502 g/mol. The number of para-hydroxylation sites is 1. The van der Waals surface area contributed by atoms with E-state index < -0.39 is 0 Å². The smallest absolute Gasteiger partial charge is 0.227 e. The molecule has 0 saturated carbocycles. The van der Waals surface area contributed by atoms with Crippen molar-refractivity contribution in [3.63, 3.8) is 0 Å². The monoisotopic (exact) mass is 527 g/mol. The number of fused-ring (bicyclic) bond motifs is 8. The van der Waals surface area contributed by atoms with Crippen LogP contribution in [0.25, 0.3) is 72.2 Å². The summed E-state index contributed by atoms with van der Waals surface area (Å²) in [5, 5.41) is 3.45. The standard InChI is InChI=1S/C37H25N3O/c1-37(2)28-14-8-7-13-24(28)25-19-32-26(18-29(25)37)27-20-34-31(39-36(41-34)23-11-4-3-5-12-23)21-33(27)40(32)35-17-16-22-10-6-9-15-30(22)38-35/h3-21H,1-2H3. The third-order valence-electron chi connectivity index (χ3n) is 8.81. The summed E-state index contributed by atoms with van der Waals surface area (Å²) in [5.41, 5.74) is 11.0. The van der Waals surface area contributed by atoms with Crippen molar-refractivity contribution in [2.75, 3.05) is 0 Å². The zero-order valence-electron chi connectivity index (χ0n) is 22.7. The Balaban J connectivity index is 1.40. The molecule has 8 aromatic rings. The molecule has 41 heavy (non-hydrogen) atoms. The van der Waals surface area contributed by atoms with Gasteiger partial charge in [-0.1, -0.05) is 74.5 Å². The van der Waals surface area contributed by atoms with Crippen molar-refractivity contribution in [2.45, 2.75) is 19.3 Å².